The Morgan fingerprint density at radius 3 is 2.50 bits per heavy atom. The van der Waals surface area contributed by atoms with Gasteiger partial charge in [0.25, 0.3) is 0 Å². The molecule has 0 amide bonds. The van der Waals surface area contributed by atoms with Crippen LogP contribution in [-0.2, 0) is 0 Å². The van der Waals surface area contributed by atoms with Crippen LogP contribution in [0.5, 0.6) is 0 Å². The monoisotopic (exact) mass is 244 g/mol. The molecule has 0 saturated carbocycles. The summed E-state index contributed by atoms with van der Waals surface area (Å²) in [6.07, 6.45) is 4.78. The normalized spacial score (nSPS) is 16.1. The van der Waals surface area contributed by atoms with Crippen molar-refractivity contribution < 1.29 is 0 Å². The quantitative estimate of drug-likeness (QED) is 0.793. The second kappa shape index (κ2) is 6.03. The van der Waals surface area contributed by atoms with E-state index in [-0.39, 0.29) is 0 Å². The minimum Gasteiger partial charge on any atom is -0.371 e. The molecule has 1 aliphatic heterocycles. The van der Waals surface area contributed by atoms with Gasteiger partial charge in [0.1, 0.15) is 0 Å². The van der Waals surface area contributed by atoms with Gasteiger partial charge < -0.3 is 10.3 Å². The van der Waals surface area contributed by atoms with Crippen molar-refractivity contribution in [1.82, 2.24) is 0 Å². The highest BCUT2D eigenvalue weighted by atomic mass is 15.1. The second-order valence-corrected chi connectivity index (χ2v) is 5.64. The maximum atomic E-state index is 8.29. The maximum absolute atomic E-state index is 8.29. The summed E-state index contributed by atoms with van der Waals surface area (Å²) in [6.45, 7) is 6.65. The van der Waals surface area contributed by atoms with Gasteiger partial charge in [0.2, 0.25) is 0 Å². The van der Waals surface area contributed by atoms with Gasteiger partial charge >= 0.3 is 0 Å². The molecular formula is C16H24N2. The standard InChI is InChI=1S/C16H24N2/c1-13(2)12-15(17)14-8-4-5-9-16(14)18-10-6-3-7-11-18/h4-5,8-9,13,17H,3,6-7,10-12H2,1-2H3. The number of hydrogen-bond acceptors (Lipinski definition) is 2. The maximum Gasteiger partial charge on any atom is 0.0458 e. The van der Waals surface area contributed by atoms with E-state index in [0.29, 0.717) is 5.92 Å². The van der Waals surface area contributed by atoms with Crippen LogP contribution in [0.25, 0.3) is 0 Å². The van der Waals surface area contributed by atoms with E-state index in [0.717, 1.165) is 30.8 Å². The first-order chi connectivity index (χ1) is 8.68. The number of piperidine rings is 1. The largest absolute Gasteiger partial charge is 0.371 e. The molecule has 0 radical (unpaired) electrons. The molecule has 0 unspecified atom stereocenters. The number of hydrogen-bond donors (Lipinski definition) is 1. The van der Waals surface area contributed by atoms with Crippen molar-refractivity contribution in [2.24, 2.45) is 5.92 Å². The van der Waals surface area contributed by atoms with Gasteiger partial charge in [-0.1, -0.05) is 32.0 Å². The predicted octanol–water partition coefficient (Wildman–Crippen LogP) is 4.09. The molecule has 0 atom stereocenters. The molecule has 0 aromatic heterocycles. The lowest BCUT2D eigenvalue weighted by Crippen LogP contribution is -2.30. The number of rotatable bonds is 4. The minimum absolute atomic E-state index is 0.548. The van der Waals surface area contributed by atoms with Crippen LogP contribution >= 0.6 is 0 Å². The summed E-state index contributed by atoms with van der Waals surface area (Å²) >= 11 is 0. The van der Waals surface area contributed by atoms with Gasteiger partial charge in [-0.05, 0) is 37.7 Å². The third kappa shape index (κ3) is 3.12. The summed E-state index contributed by atoms with van der Waals surface area (Å²) < 4.78 is 0. The van der Waals surface area contributed by atoms with Gasteiger partial charge in [0, 0.05) is 30.1 Å². The van der Waals surface area contributed by atoms with Crippen LogP contribution in [-0.4, -0.2) is 18.8 Å². The molecule has 0 spiro atoms. The smallest absolute Gasteiger partial charge is 0.0458 e. The zero-order chi connectivity index (χ0) is 13.0. The Morgan fingerprint density at radius 1 is 1.17 bits per heavy atom. The van der Waals surface area contributed by atoms with E-state index in [2.05, 4.69) is 43.0 Å². The first kappa shape index (κ1) is 13.1. The highest BCUT2D eigenvalue weighted by molar-refractivity contribution is 6.03. The van der Waals surface area contributed by atoms with Crippen LogP contribution in [0.2, 0.25) is 0 Å². The molecule has 2 nitrogen and oxygen atoms in total. The summed E-state index contributed by atoms with van der Waals surface area (Å²) in [7, 11) is 0. The lowest BCUT2D eigenvalue weighted by atomic mass is 9.98. The van der Waals surface area contributed by atoms with Crippen molar-refractivity contribution in [3.63, 3.8) is 0 Å². The van der Waals surface area contributed by atoms with E-state index < -0.39 is 0 Å². The van der Waals surface area contributed by atoms with Crippen molar-refractivity contribution in [3.05, 3.63) is 29.8 Å². The molecule has 2 rings (SSSR count). The third-order valence-corrected chi connectivity index (χ3v) is 3.54. The fourth-order valence-electron chi connectivity index (χ4n) is 2.66. The Kier molecular flexibility index (Phi) is 4.40. The van der Waals surface area contributed by atoms with Crippen molar-refractivity contribution in [2.75, 3.05) is 18.0 Å². The number of para-hydroxylation sites is 1. The van der Waals surface area contributed by atoms with Crippen molar-refractivity contribution in [2.45, 2.75) is 39.5 Å². The second-order valence-electron chi connectivity index (χ2n) is 5.64. The van der Waals surface area contributed by atoms with E-state index in [9.17, 15) is 0 Å². The molecule has 1 aliphatic rings. The Bertz CT molecular complexity index is 403. The van der Waals surface area contributed by atoms with E-state index in [4.69, 9.17) is 5.41 Å². The summed E-state index contributed by atoms with van der Waals surface area (Å²) in [6, 6.07) is 8.43. The third-order valence-electron chi connectivity index (χ3n) is 3.54. The number of nitrogens with zero attached hydrogens (tertiary/aromatic N) is 1. The van der Waals surface area contributed by atoms with Gasteiger partial charge in [-0.25, -0.2) is 0 Å². The Hall–Kier alpha value is -1.31. The highest BCUT2D eigenvalue weighted by Gasteiger charge is 2.16. The predicted molar refractivity (Wildman–Crippen MR) is 78.8 cm³/mol. The van der Waals surface area contributed by atoms with Crippen LogP contribution in [0.3, 0.4) is 0 Å². The average molecular weight is 244 g/mol. The molecule has 1 fully saturated rings. The molecule has 2 heteroatoms. The van der Waals surface area contributed by atoms with E-state index >= 15 is 0 Å². The lowest BCUT2D eigenvalue weighted by molar-refractivity contribution is 0.577. The molecule has 1 N–H and O–H groups in total. The average Bonchev–Trinajstić information content (AvgIpc) is 2.39. The van der Waals surface area contributed by atoms with E-state index in [1.165, 1.54) is 24.9 Å². The van der Waals surface area contributed by atoms with Crippen LogP contribution in [0, 0.1) is 11.3 Å². The topological polar surface area (TPSA) is 27.1 Å². The number of anilines is 1. The summed E-state index contributed by atoms with van der Waals surface area (Å²) in [5, 5.41) is 8.29. The fourth-order valence-corrected chi connectivity index (χ4v) is 2.66. The fraction of sp³-hybridized carbons (Fsp3) is 0.562. The van der Waals surface area contributed by atoms with E-state index in [1.54, 1.807) is 0 Å². The van der Waals surface area contributed by atoms with Crippen molar-refractivity contribution in [1.29, 1.82) is 5.41 Å². The molecule has 1 heterocycles. The molecule has 18 heavy (non-hydrogen) atoms. The highest BCUT2D eigenvalue weighted by Crippen LogP contribution is 2.25. The zero-order valence-electron chi connectivity index (χ0n) is 11.6. The summed E-state index contributed by atoms with van der Waals surface area (Å²) in [5.74, 6) is 0.548. The van der Waals surface area contributed by atoms with Crippen LogP contribution in [0.4, 0.5) is 5.69 Å². The zero-order valence-corrected chi connectivity index (χ0v) is 11.6. The van der Waals surface area contributed by atoms with Crippen LogP contribution in [0.1, 0.15) is 45.1 Å². The Morgan fingerprint density at radius 2 is 1.83 bits per heavy atom. The molecular weight excluding hydrogens is 220 g/mol. The lowest BCUT2D eigenvalue weighted by Gasteiger charge is -2.30. The number of nitrogens with one attached hydrogen (secondary N) is 1. The molecule has 0 aliphatic carbocycles. The minimum atomic E-state index is 0.548. The van der Waals surface area contributed by atoms with E-state index in [1.807, 2.05) is 0 Å². The van der Waals surface area contributed by atoms with Gasteiger partial charge in [-0.2, -0.15) is 0 Å². The van der Waals surface area contributed by atoms with Gasteiger partial charge in [0.05, 0.1) is 0 Å². The molecule has 98 valence electrons. The first-order valence-corrected chi connectivity index (χ1v) is 7.10. The summed E-state index contributed by atoms with van der Waals surface area (Å²) in [5.41, 5.74) is 3.18. The molecule has 0 bridgehead atoms. The Labute approximate surface area is 111 Å². The van der Waals surface area contributed by atoms with Gasteiger partial charge in [0.15, 0.2) is 0 Å². The van der Waals surface area contributed by atoms with Gasteiger partial charge in [-0.15, -0.1) is 0 Å². The molecule has 1 aromatic rings. The van der Waals surface area contributed by atoms with Crippen molar-refractivity contribution >= 4 is 11.4 Å². The van der Waals surface area contributed by atoms with Crippen LogP contribution in [0.15, 0.2) is 24.3 Å². The van der Waals surface area contributed by atoms with Crippen molar-refractivity contribution in [3.8, 4) is 0 Å². The first-order valence-electron chi connectivity index (χ1n) is 7.10. The molecule has 1 saturated heterocycles. The molecule has 1 aromatic carbocycles. The Balaban J connectivity index is 2.21. The van der Waals surface area contributed by atoms with Gasteiger partial charge in [-0.3, -0.25) is 0 Å². The SMILES string of the molecule is CC(C)CC(=N)c1ccccc1N1CCCCC1. The van der Waals surface area contributed by atoms with Crippen LogP contribution < -0.4 is 4.90 Å². The summed E-state index contributed by atoms with van der Waals surface area (Å²) in [4.78, 5) is 2.45. The number of benzene rings is 1.